The molecule has 0 spiro atoms. The van der Waals surface area contributed by atoms with E-state index in [-0.39, 0.29) is 37.0 Å². The van der Waals surface area contributed by atoms with Crippen LogP contribution in [-0.2, 0) is 30.5 Å². The first kappa shape index (κ1) is 33.5. The van der Waals surface area contributed by atoms with Crippen LogP contribution < -0.4 is 32.7 Å². The van der Waals surface area contributed by atoms with Crippen molar-refractivity contribution in [3.8, 4) is 0 Å². The van der Waals surface area contributed by atoms with E-state index in [0.29, 0.717) is 18.4 Å². The van der Waals surface area contributed by atoms with Crippen LogP contribution in [0.1, 0.15) is 55.5 Å². The van der Waals surface area contributed by atoms with Gasteiger partial charge >= 0.3 is 5.97 Å². The normalized spacial score (nSPS) is 20.9. The molecule has 2 bridgehead atoms. The van der Waals surface area contributed by atoms with Gasteiger partial charge in [0.25, 0.3) is 5.91 Å². The zero-order chi connectivity index (χ0) is 31.4. The highest BCUT2D eigenvalue weighted by Gasteiger charge is 2.33. The van der Waals surface area contributed by atoms with Crippen molar-refractivity contribution in [1.29, 1.82) is 0 Å². The number of aliphatic carboxylic acids is 1. The predicted octanol–water partition coefficient (Wildman–Crippen LogP) is -1.58. The molecule has 0 saturated carbocycles. The number of carbonyl (C=O) groups is 6. The van der Waals surface area contributed by atoms with E-state index in [2.05, 4.69) is 26.3 Å². The van der Waals surface area contributed by atoms with Gasteiger partial charge in [-0.3, -0.25) is 33.8 Å². The summed E-state index contributed by atoms with van der Waals surface area (Å²) in [6.45, 7) is 3.33. The largest absolute Gasteiger partial charge is 0.481 e. The van der Waals surface area contributed by atoms with Gasteiger partial charge < -0.3 is 42.7 Å². The number of amides is 5. The number of nitrogens with two attached hydrogens (primary N) is 2. The van der Waals surface area contributed by atoms with E-state index in [1.165, 1.54) is 18.0 Å². The molecular formula is C27H40N8O7. The number of carboxylic acid groups (broad SMARTS) is 1. The number of fused-ring (bicyclic) bond motifs is 2. The van der Waals surface area contributed by atoms with E-state index in [0.717, 1.165) is 0 Å². The van der Waals surface area contributed by atoms with Crippen LogP contribution in [0.3, 0.4) is 0 Å². The van der Waals surface area contributed by atoms with Gasteiger partial charge in [-0.05, 0) is 42.9 Å². The standard InChI is InChI=1S/C27H40N8O7/c1-15(2)10-19-26(42)35(3)20(8-5-9-30-27(28)29)25(41)32-14-21(36)33-18(12-22(37)38)24(40)31-13-16-6-4-7-17(11-16)23(39)34-19/h4,6-7,11,15,18-20H,5,8-10,12-14H2,1-3H3,(H,31,40)(H,32,41)(H,33,36)(H,34,39)(H,37,38)(H4,28,29,30)/t18-,19+,20-/m0/s1. The van der Waals surface area contributed by atoms with Crippen LogP contribution in [0.4, 0.5) is 0 Å². The maximum atomic E-state index is 13.7. The number of carboxylic acids is 1. The highest BCUT2D eigenvalue weighted by Crippen LogP contribution is 2.14. The zero-order valence-corrected chi connectivity index (χ0v) is 24.0. The van der Waals surface area contributed by atoms with Crippen molar-refractivity contribution in [3.05, 3.63) is 35.4 Å². The second-order valence-corrected chi connectivity index (χ2v) is 10.4. The molecule has 3 atom stereocenters. The summed E-state index contributed by atoms with van der Waals surface area (Å²) in [4.78, 5) is 82.0. The lowest BCUT2D eigenvalue weighted by molar-refractivity contribution is -0.141. The van der Waals surface area contributed by atoms with Gasteiger partial charge in [0.1, 0.15) is 18.1 Å². The summed E-state index contributed by atoms with van der Waals surface area (Å²) in [7, 11) is 1.43. The van der Waals surface area contributed by atoms with Gasteiger partial charge in [-0.15, -0.1) is 0 Å². The first-order valence-corrected chi connectivity index (χ1v) is 13.6. The van der Waals surface area contributed by atoms with Crippen molar-refractivity contribution in [2.45, 2.75) is 64.2 Å². The minimum Gasteiger partial charge on any atom is -0.481 e. The first-order chi connectivity index (χ1) is 19.8. The van der Waals surface area contributed by atoms with Gasteiger partial charge in [0, 0.05) is 25.7 Å². The van der Waals surface area contributed by atoms with Crippen LogP contribution in [0.25, 0.3) is 0 Å². The number of aliphatic imine (C=N–C) groups is 1. The van der Waals surface area contributed by atoms with Crippen LogP contribution >= 0.6 is 0 Å². The number of likely N-dealkylation sites (N-methyl/N-ethyl adjacent to an activating group) is 1. The Hall–Kier alpha value is -4.69. The van der Waals surface area contributed by atoms with Crippen molar-refractivity contribution in [3.63, 3.8) is 0 Å². The molecule has 0 unspecified atom stereocenters. The number of nitrogens with zero attached hydrogens (tertiary/aromatic N) is 2. The van der Waals surface area contributed by atoms with E-state index >= 15 is 0 Å². The van der Waals surface area contributed by atoms with Crippen molar-refractivity contribution >= 4 is 41.5 Å². The van der Waals surface area contributed by atoms with Gasteiger partial charge in [0.15, 0.2) is 5.96 Å². The van der Waals surface area contributed by atoms with Crippen molar-refractivity contribution < 1.29 is 33.9 Å². The van der Waals surface area contributed by atoms with E-state index in [9.17, 15) is 33.9 Å². The van der Waals surface area contributed by atoms with Gasteiger partial charge in [0.2, 0.25) is 23.6 Å². The number of hydrogen-bond acceptors (Lipinski definition) is 7. The number of guanidine groups is 1. The average molecular weight is 589 g/mol. The molecule has 15 nitrogen and oxygen atoms in total. The molecule has 0 aliphatic carbocycles. The minimum atomic E-state index is -1.42. The van der Waals surface area contributed by atoms with E-state index in [1.54, 1.807) is 18.2 Å². The van der Waals surface area contributed by atoms with Crippen molar-refractivity contribution in [1.82, 2.24) is 26.2 Å². The maximum absolute atomic E-state index is 13.7. The second kappa shape index (κ2) is 15.9. The molecule has 1 aromatic carbocycles. The molecule has 42 heavy (non-hydrogen) atoms. The third-order valence-electron chi connectivity index (χ3n) is 6.47. The number of nitrogens with one attached hydrogen (secondary N) is 4. The Morgan fingerprint density at radius 3 is 2.38 bits per heavy atom. The third-order valence-corrected chi connectivity index (χ3v) is 6.47. The molecule has 1 heterocycles. The highest BCUT2D eigenvalue weighted by atomic mass is 16.4. The lowest BCUT2D eigenvalue weighted by Gasteiger charge is -2.31. The Kier molecular flexibility index (Phi) is 12.7. The molecule has 15 heteroatoms. The van der Waals surface area contributed by atoms with Crippen LogP contribution in [0, 0.1) is 5.92 Å². The Bertz CT molecular complexity index is 1200. The lowest BCUT2D eigenvalue weighted by atomic mass is 10.00. The maximum Gasteiger partial charge on any atom is 0.305 e. The molecule has 1 aliphatic rings. The highest BCUT2D eigenvalue weighted by molar-refractivity contribution is 5.99. The number of carbonyl (C=O) groups excluding carboxylic acids is 5. The Morgan fingerprint density at radius 2 is 1.74 bits per heavy atom. The summed E-state index contributed by atoms with van der Waals surface area (Å²) in [5.74, 6) is -4.70. The average Bonchev–Trinajstić information content (AvgIpc) is 2.92. The van der Waals surface area contributed by atoms with Gasteiger partial charge in [-0.2, -0.15) is 0 Å². The van der Waals surface area contributed by atoms with Gasteiger partial charge in [-0.1, -0.05) is 26.0 Å². The molecule has 1 aromatic rings. The number of hydrogen-bond donors (Lipinski definition) is 7. The number of rotatable bonds is 8. The quantitative estimate of drug-likeness (QED) is 0.105. The third kappa shape index (κ3) is 10.7. The molecule has 0 radical (unpaired) electrons. The van der Waals surface area contributed by atoms with Gasteiger partial charge in [-0.25, -0.2) is 0 Å². The molecule has 0 fully saturated rings. The summed E-state index contributed by atoms with van der Waals surface area (Å²) in [5.41, 5.74) is 11.5. The summed E-state index contributed by atoms with van der Waals surface area (Å²) in [6.07, 6.45) is 0.0335. The smallest absolute Gasteiger partial charge is 0.305 e. The molecule has 230 valence electrons. The molecule has 1 aliphatic heterocycles. The van der Waals surface area contributed by atoms with Crippen molar-refractivity contribution in [2.75, 3.05) is 20.1 Å². The molecule has 2 rings (SSSR count). The second-order valence-electron chi connectivity index (χ2n) is 10.4. The first-order valence-electron chi connectivity index (χ1n) is 13.6. The van der Waals surface area contributed by atoms with Crippen LogP contribution in [0.2, 0.25) is 0 Å². The Labute approximate surface area is 243 Å². The zero-order valence-electron chi connectivity index (χ0n) is 24.0. The van der Waals surface area contributed by atoms with Crippen LogP contribution in [0.5, 0.6) is 0 Å². The van der Waals surface area contributed by atoms with E-state index < -0.39 is 66.6 Å². The van der Waals surface area contributed by atoms with Crippen molar-refractivity contribution in [2.24, 2.45) is 22.4 Å². The molecule has 9 N–H and O–H groups in total. The Morgan fingerprint density at radius 1 is 1.05 bits per heavy atom. The monoisotopic (exact) mass is 588 g/mol. The minimum absolute atomic E-state index is 0.0173. The predicted molar refractivity (Wildman–Crippen MR) is 153 cm³/mol. The van der Waals surface area contributed by atoms with E-state index in [4.69, 9.17) is 11.5 Å². The van der Waals surface area contributed by atoms with Gasteiger partial charge in [0.05, 0.1) is 13.0 Å². The topological polar surface area (TPSA) is 238 Å². The fourth-order valence-corrected chi connectivity index (χ4v) is 4.38. The molecular weight excluding hydrogens is 548 g/mol. The summed E-state index contributed by atoms with van der Waals surface area (Å²) in [6, 6.07) is 2.90. The van der Waals surface area contributed by atoms with Crippen LogP contribution in [-0.4, -0.2) is 89.7 Å². The number of benzene rings is 1. The fourth-order valence-electron chi connectivity index (χ4n) is 4.38. The SMILES string of the molecule is CC(C)C[C@H]1NC(=O)c2cccc(c2)CNC(=O)[C@H](CC(=O)O)NC(=O)CNC(=O)[C@H](CCCN=C(N)N)N(C)C1=O. The Balaban J connectivity index is 2.46. The molecule has 0 saturated heterocycles. The fraction of sp³-hybridized carbons (Fsp3) is 0.519. The summed E-state index contributed by atoms with van der Waals surface area (Å²) >= 11 is 0. The lowest BCUT2D eigenvalue weighted by Crippen LogP contribution is -2.56. The van der Waals surface area contributed by atoms with Crippen LogP contribution in [0.15, 0.2) is 29.3 Å². The van der Waals surface area contributed by atoms with E-state index in [1.807, 2.05) is 13.8 Å². The summed E-state index contributed by atoms with van der Waals surface area (Å²) in [5, 5.41) is 19.4. The summed E-state index contributed by atoms with van der Waals surface area (Å²) < 4.78 is 0. The molecule has 5 amide bonds. The molecule has 0 aromatic heterocycles.